The van der Waals surface area contributed by atoms with Gasteiger partial charge >= 0.3 is 0 Å². The first kappa shape index (κ1) is 11.2. The van der Waals surface area contributed by atoms with Gasteiger partial charge in [0.1, 0.15) is 0 Å². The Kier molecular flexibility index (Phi) is 5.22. The zero-order chi connectivity index (χ0) is 10.2. The summed E-state index contributed by atoms with van der Waals surface area (Å²) >= 11 is 0. The molecular weight excluding hydrogens is 178 g/mol. The summed E-state index contributed by atoms with van der Waals surface area (Å²) in [5.41, 5.74) is 6.81. The summed E-state index contributed by atoms with van der Waals surface area (Å²) in [5.74, 6) is 0. The van der Waals surface area contributed by atoms with Crippen molar-refractivity contribution in [3.05, 3.63) is 35.9 Å². The van der Waals surface area contributed by atoms with E-state index in [1.165, 1.54) is 0 Å². The summed E-state index contributed by atoms with van der Waals surface area (Å²) in [6, 6.07) is 9.89. The van der Waals surface area contributed by atoms with Gasteiger partial charge in [0, 0.05) is 12.6 Å². The van der Waals surface area contributed by atoms with Gasteiger partial charge in [-0.2, -0.15) is 0 Å². The second kappa shape index (κ2) is 6.54. The molecule has 3 heteroatoms. The predicted octanol–water partition coefficient (Wildman–Crippen LogP) is 0.913. The number of rotatable bonds is 6. The highest BCUT2D eigenvalue weighted by Gasteiger charge is 2.01. The lowest BCUT2D eigenvalue weighted by molar-refractivity contribution is 0.100. The normalized spacial score (nSPS) is 12.7. The molecule has 1 aromatic rings. The van der Waals surface area contributed by atoms with E-state index in [0.29, 0.717) is 19.6 Å². The monoisotopic (exact) mass is 195 g/mol. The molecule has 0 amide bonds. The van der Waals surface area contributed by atoms with Crippen molar-refractivity contribution in [1.82, 2.24) is 0 Å². The van der Waals surface area contributed by atoms with Gasteiger partial charge in [-0.15, -0.1) is 0 Å². The van der Waals surface area contributed by atoms with Crippen molar-refractivity contribution in [3.8, 4) is 0 Å². The molecule has 0 radical (unpaired) electrons. The summed E-state index contributed by atoms with van der Waals surface area (Å²) in [4.78, 5) is 0. The zero-order valence-electron chi connectivity index (χ0n) is 8.23. The molecule has 1 unspecified atom stereocenters. The largest absolute Gasteiger partial charge is 0.396 e. The smallest absolute Gasteiger partial charge is 0.0717 e. The zero-order valence-corrected chi connectivity index (χ0v) is 8.23. The number of aliphatic hydroxyl groups excluding tert-OH is 1. The van der Waals surface area contributed by atoms with Crippen LogP contribution >= 0.6 is 0 Å². The first-order valence-electron chi connectivity index (χ1n) is 4.81. The third-order valence-corrected chi connectivity index (χ3v) is 1.94. The van der Waals surface area contributed by atoms with Crippen LogP contribution in [0.25, 0.3) is 0 Å². The van der Waals surface area contributed by atoms with Gasteiger partial charge in [-0.3, -0.25) is 0 Å². The first-order valence-corrected chi connectivity index (χ1v) is 4.81. The molecule has 0 saturated carbocycles. The standard InChI is InChI=1S/C11H17NO2/c12-11(6-7-13)9-14-8-10-4-2-1-3-5-10/h1-5,11,13H,6-9,12H2. The fourth-order valence-corrected chi connectivity index (χ4v) is 1.15. The Bertz CT molecular complexity index is 238. The molecule has 0 heterocycles. The average molecular weight is 195 g/mol. The van der Waals surface area contributed by atoms with E-state index in [2.05, 4.69) is 0 Å². The Morgan fingerprint density at radius 3 is 2.64 bits per heavy atom. The Morgan fingerprint density at radius 2 is 2.00 bits per heavy atom. The third-order valence-electron chi connectivity index (χ3n) is 1.94. The van der Waals surface area contributed by atoms with Crippen LogP contribution in [0.3, 0.4) is 0 Å². The lowest BCUT2D eigenvalue weighted by atomic mass is 10.2. The Hall–Kier alpha value is -0.900. The van der Waals surface area contributed by atoms with Gasteiger partial charge in [0.15, 0.2) is 0 Å². The number of aliphatic hydroxyl groups is 1. The van der Waals surface area contributed by atoms with Crippen LogP contribution in [0.4, 0.5) is 0 Å². The predicted molar refractivity (Wildman–Crippen MR) is 55.8 cm³/mol. The minimum Gasteiger partial charge on any atom is -0.396 e. The summed E-state index contributed by atoms with van der Waals surface area (Å²) < 4.78 is 5.40. The van der Waals surface area contributed by atoms with Crippen LogP contribution < -0.4 is 5.73 Å². The molecule has 14 heavy (non-hydrogen) atoms. The highest BCUT2D eigenvalue weighted by atomic mass is 16.5. The molecule has 0 spiro atoms. The van der Waals surface area contributed by atoms with E-state index in [1.807, 2.05) is 30.3 Å². The third kappa shape index (κ3) is 4.37. The van der Waals surface area contributed by atoms with E-state index >= 15 is 0 Å². The molecule has 0 aliphatic rings. The van der Waals surface area contributed by atoms with Crippen LogP contribution in [0.5, 0.6) is 0 Å². The van der Waals surface area contributed by atoms with Crippen molar-refractivity contribution < 1.29 is 9.84 Å². The van der Waals surface area contributed by atoms with Crippen LogP contribution in [-0.2, 0) is 11.3 Å². The molecule has 0 aliphatic heterocycles. The average Bonchev–Trinajstić information content (AvgIpc) is 2.20. The summed E-state index contributed by atoms with van der Waals surface area (Å²) in [6.45, 7) is 1.20. The topological polar surface area (TPSA) is 55.5 Å². The lowest BCUT2D eigenvalue weighted by Gasteiger charge is -2.10. The fraction of sp³-hybridized carbons (Fsp3) is 0.455. The number of nitrogens with two attached hydrogens (primary N) is 1. The van der Waals surface area contributed by atoms with Crippen LogP contribution in [0.1, 0.15) is 12.0 Å². The maximum atomic E-state index is 8.62. The number of ether oxygens (including phenoxy) is 1. The molecule has 1 rings (SSSR count). The molecule has 1 aromatic carbocycles. The van der Waals surface area contributed by atoms with E-state index in [1.54, 1.807) is 0 Å². The van der Waals surface area contributed by atoms with Gasteiger partial charge in [-0.1, -0.05) is 30.3 Å². The number of benzene rings is 1. The highest BCUT2D eigenvalue weighted by molar-refractivity contribution is 5.13. The Morgan fingerprint density at radius 1 is 1.29 bits per heavy atom. The van der Waals surface area contributed by atoms with Crippen molar-refractivity contribution in [3.63, 3.8) is 0 Å². The van der Waals surface area contributed by atoms with Crippen LogP contribution in [-0.4, -0.2) is 24.4 Å². The van der Waals surface area contributed by atoms with Gasteiger partial charge in [0.2, 0.25) is 0 Å². The second-order valence-corrected chi connectivity index (χ2v) is 3.27. The van der Waals surface area contributed by atoms with Gasteiger partial charge in [0.25, 0.3) is 0 Å². The molecule has 0 aliphatic carbocycles. The molecular formula is C11H17NO2. The SMILES string of the molecule is NC(CCO)COCc1ccccc1. The van der Waals surface area contributed by atoms with Gasteiger partial charge < -0.3 is 15.6 Å². The van der Waals surface area contributed by atoms with Gasteiger partial charge in [-0.05, 0) is 12.0 Å². The molecule has 0 bridgehead atoms. The molecule has 0 fully saturated rings. The van der Waals surface area contributed by atoms with E-state index in [-0.39, 0.29) is 12.6 Å². The summed E-state index contributed by atoms with van der Waals surface area (Å²) in [7, 11) is 0. The Labute approximate surface area is 84.5 Å². The minimum atomic E-state index is -0.0660. The van der Waals surface area contributed by atoms with Crippen molar-refractivity contribution in [2.24, 2.45) is 5.73 Å². The van der Waals surface area contributed by atoms with E-state index in [9.17, 15) is 0 Å². The van der Waals surface area contributed by atoms with E-state index in [4.69, 9.17) is 15.6 Å². The molecule has 3 nitrogen and oxygen atoms in total. The van der Waals surface area contributed by atoms with E-state index < -0.39 is 0 Å². The Balaban J connectivity index is 2.16. The molecule has 0 aromatic heterocycles. The van der Waals surface area contributed by atoms with Crippen molar-refractivity contribution in [2.45, 2.75) is 19.1 Å². The summed E-state index contributed by atoms with van der Waals surface area (Å²) in [5, 5.41) is 8.62. The minimum absolute atomic E-state index is 0.0660. The molecule has 0 saturated heterocycles. The van der Waals surface area contributed by atoms with Crippen molar-refractivity contribution >= 4 is 0 Å². The van der Waals surface area contributed by atoms with Crippen molar-refractivity contribution in [2.75, 3.05) is 13.2 Å². The quantitative estimate of drug-likeness (QED) is 0.709. The van der Waals surface area contributed by atoms with Crippen LogP contribution in [0.2, 0.25) is 0 Å². The fourth-order valence-electron chi connectivity index (χ4n) is 1.15. The van der Waals surface area contributed by atoms with Crippen molar-refractivity contribution in [1.29, 1.82) is 0 Å². The molecule has 78 valence electrons. The molecule has 3 N–H and O–H groups in total. The van der Waals surface area contributed by atoms with Gasteiger partial charge in [-0.25, -0.2) is 0 Å². The van der Waals surface area contributed by atoms with Crippen LogP contribution in [0.15, 0.2) is 30.3 Å². The maximum absolute atomic E-state index is 8.62. The molecule has 1 atom stereocenters. The maximum Gasteiger partial charge on any atom is 0.0717 e. The highest BCUT2D eigenvalue weighted by Crippen LogP contribution is 2.01. The van der Waals surface area contributed by atoms with E-state index in [0.717, 1.165) is 5.56 Å². The second-order valence-electron chi connectivity index (χ2n) is 3.27. The number of hydrogen-bond acceptors (Lipinski definition) is 3. The lowest BCUT2D eigenvalue weighted by Crippen LogP contribution is -2.27. The first-order chi connectivity index (χ1) is 6.83. The number of hydrogen-bond donors (Lipinski definition) is 2. The summed E-state index contributed by atoms with van der Waals surface area (Å²) in [6.07, 6.45) is 0.592. The van der Waals surface area contributed by atoms with Crippen LogP contribution in [0, 0.1) is 0 Å². The van der Waals surface area contributed by atoms with Gasteiger partial charge in [0.05, 0.1) is 13.2 Å².